The smallest absolute Gasteiger partial charge is 0.240 e. The summed E-state index contributed by atoms with van der Waals surface area (Å²) in [6.45, 7) is 3.62. The summed E-state index contributed by atoms with van der Waals surface area (Å²) in [5, 5.41) is 10.9. The Kier molecular flexibility index (Phi) is 4.04. The molecule has 0 bridgehead atoms. The summed E-state index contributed by atoms with van der Waals surface area (Å²) in [5.74, 6) is 0. The summed E-state index contributed by atoms with van der Waals surface area (Å²) in [7, 11) is -3.65. The molecular weight excluding hydrogens is 310 g/mol. The fraction of sp³-hybridized carbons (Fsp3) is 0.333. The van der Waals surface area contributed by atoms with Crippen molar-refractivity contribution in [2.24, 2.45) is 0 Å². The second kappa shape index (κ2) is 5.74. The molecule has 2 aromatic carbocycles. The lowest BCUT2D eigenvalue weighted by atomic mass is 9.96. The Labute approximate surface area is 137 Å². The van der Waals surface area contributed by atoms with Gasteiger partial charge < -0.3 is 5.11 Å². The number of hydrogen-bond donors (Lipinski definition) is 2. The van der Waals surface area contributed by atoms with Gasteiger partial charge in [0.25, 0.3) is 0 Å². The molecule has 1 aliphatic carbocycles. The van der Waals surface area contributed by atoms with E-state index in [0.717, 1.165) is 23.1 Å². The highest BCUT2D eigenvalue weighted by Gasteiger charge is 2.37. The molecule has 23 heavy (non-hydrogen) atoms. The van der Waals surface area contributed by atoms with Crippen molar-refractivity contribution in [1.82, 2.24) is 4.72 Å². The molecule has 0 fully saturated rings. The van der Waals surface area contributed by atoms with Crippen LogP contribution in [0.2, 0.25) is 0 Å². The summed E-state index contributed by atoms with van der Waals surface area (Å²) >= 11 is 0. The van der Waals surface area contributed by atoms with Gasteiger partial charge in [-0.1, -0.05) is 36.4 Å². The average molecular weight is 331 g/mol. The second-order valence-electron chi connectivity index (χ2n) is 6.28. The third kappa shape index (κ3) is 3.04. The molecular formula is C18H21NO3S. The van der Waals surface area contributed by atoms with Gasteiger partial charge >= 0.3 is 0 Å². The molecule has 0 heterocycles. The molecule has 0 spiro atoms. The largest absolute Gasteiger partial charge is 0.384 e. The SMILES string of the molecule is Cc1ccc(C)c(S(=O)(=O)NCC2(O)CCc3ccccc32)c1. The maximum Gasteiger partial charge on any atom is 0.240 e. The van der Waals surface area contributed by atoms with Gasteiger partial charge in [0.05, 0.1) is 4.90 Å². The summed E-state index contributed by atoms with van der Waals surface area (Å²) in [5.41, 5.74) is 2.36. The van der Waals surface area contributed by atoms with Crippen molar-refractivity contribution in [1.29, 1.82) is 0 Å². The quantitative estimate of drug-likeness (QED) is 0.904. The summed E-state index contributed by atoms with van der Waals surface area (Å²) in [4.78, 5) is 0.271. The predicted octanol–water partition coefficient (Wildman–Crippen LogP) is 2.42. The van der Waals surface area contributed by atoms with E-state index in [1.54, 1.807) is 19.1 Å². The Morgan fingerprint density at radius 2 is 1.91 bits per heavy atom. The van der Waals surface area contributed by atoms with Crippen LogP contribution < -0.4 is 4.72 Å². The Hall–Kier alpha value is -1.69. The molecule has 0 aromatic heterocycles. The molecule has 2 aromatic rings. The molecule has 122 valence electrons. The lowest BCUT2D eigenvalue weighted by Gasteiger charge is -2.24. The van der Waals surface area contributed by atoms with Crippen LogP contribution in [-0.2, 0) is 22.0 Å². The van der Waals surface area contributed by atoms with Crippen LogP contribution in [-0.4, -0.2) is 20.1 Å². The van der Waals surface area contributed by atoms with Crippen LogP contribution in [0.1, 0.15) is 28.7 Å². The highest BCUT2D eigenvalue weighted by Crippen LogP contribution is 2.36. The topological polar surface area (TPSA) is 66.4 Å². The third-order valence-corrected chi connectivity index (χ3v) is 6.06. The van der Waals surface area contributed by atoms with E-state index >= 15 is 0 Å². The first-order valence-corrected chi connectivity index (χ1v) is 9.18. The number of benzene rings is 2. The number of fused-ring (bicyclic) bond motifs is 1. The van der Waals surface area contributed by atoms with E-state index in [-0.39, 0.29) is 11.4 Å². The van der Waals surface area contributed by atoms with Gasteiger partial charge in [-0.25, -0.2) is 13.1 Å². The van der Waals surface area contributed by atoms with Crippen LogP contribution in [0.3, 0.4) is 0 Å². The minimum Gasteiger partial charge on any atom is -0.384 e. The molecule has 4 nitrogen and oxygen atoms in total. The van der Waals surface area contributed by atoms with Crippen LogP contribution in [0.15, 0.2) is 47.4 Å². The maximum atomic E-state index is 12.6. The van der Waals surface area contributed by atoms with E-state index in [1.807, 2.05) is 37.3 Å². The molecule has 0 amide bonds. The zero-order valence-corrected chi connectivity index (χ0v) is 14.2. The second-order valence-corrected chi connectivity index (χ2v) is 8.02. The van der Waals surface area contributed by atoms with Crippen molar-refractivity contribution < 1.29 is 13.5 Å². The number of nitrogens with one attached hydrogen (secondary N) is 1. The zero-order valence-electron chi connectivity index (χ0n) is 13.3. The molecule has 3 rings (SSSR count). The lowest BCUT2D eigenvalue weighted by molar-refractivity contribution is 0.0442. The first-order valence-electron chi connectivity index (χ1n) is 7.69. The average Bonchev–Trinajstić information content (AvgIpc) is 2.86. The molecule has 0 saturated heterocycles. The van der Waals surface area contributed by atoms with Crippen LogP contribution in [0.25, 0.3) is 0 Å². The Morgan fingerprint density at radius 3 is 2.70 bits per heavy atom. The van der Waals surface area contributed by atoms with Gasteiger partial charge in [-0.15, -0.1) is 0 Å². The Morgan fingerprint density at radius 1 is 1.17 bits per heavy atom. The number of hydrogen-bond acceptors (Lipinski definition) is 3. The van der Waals surface area contributed by atoms with Gasteiger partial charge in [-0.3, -0.25) is 0 Å². The van der Waals surface area contributed by atoms with Gasteiger partial charge in [-0.2, -0.15) is 0 Å². The summed E-state index contributed by atoms with van der Waals surface area (Å²) in [6, 6.07) is 13.0. The first kappa shape index (κ1) is 16.2. The van der Waals surface area contributed by atoms with E-state index in [2.05, 4.69) is 4.72 Å². The number of aliphatic hydroxyl groups is 1. The van der Waals surface area contributed by atoms with Crippen LogP contribution in [0.4, 0.5) is 0 Å². The van der Waals surface area contributed by atoms with Gasteiger partial charge in [0.15, 0.2) is 0 Å². The minimum atomic E-state index is -3.65. The molecule has 0 radical (unpaired) electrons. The van der Waals surface area contributed by atoms with E-state index in [0.29, 0.717) is 12.0 Å². The highest BCUT2D eigenvalue weighted by molar-refractivity contribution is 7.89. The van der Waals surface area contributed by atoms with Gasteiger partial charge in [0.1, 0.15) is 5.60 Å². The van der Waals surface area contributed by atoms with Gasteiger partial charge in [0, 0.05) is 6.54 Å². The number of aryl methyl sites for hydroxylation is 3. The number of sulfonamides is 1. The Bertz CT molecular complexity index is 845. The van der Waals surface area contributed by atoms with E-state index in [4.69, 9.17) is 0 Å². The highest BCUT2D eigenvalue weighted by atomic mass is 32.2. The summed E-state index contributed by atoms with van der Waals surface area (Å²) < 4.78 is 27.8. The van der Waals surface area contributed by atoms with Crippen LogP contribution >= 0.6 is 0 Å². The minimum absolute atomic E-state index is 0.0142. The van der Waals surface area contributed by atoms with Crippen LogP contribution in [0.5, 0.6) is 0 Å². The lowest BCUT2D eigenvalue weighted by Crippen LogP contribution is -2.39. The van der Waals surface area contributed by atoms with E-state index < -0.39 is 15.6 Å². The molecule has 1 aliphatic rings. The zero-order chi connectivity index (χ0) is 16.7. The van der Waals surface area contributed by atoms with Gasteiger partial charge in [-0.05, 0) is 55.0 Å². The van der Waals surface area contributed by atoms with Crippen LogP contribution in [0, 0.1) is 13.8 Å². The van der Waals surface area contributed by atoms with Crippen molar-refractivity contribution in [3.63, 3.8) is 0 Å². The summed E-state index contributed by atoms with van der Waals surface area (Å²) in [6.07, 6.45) is 1.29. The molecule has 5 heteroatoms. The Balaban J connectivity index is 1.84. The van der Waals surface area contributed by atoms with Gasteiger partial charge in [0.2, 0.25) is 10.0 Å². The molecule has 1 unspecified atom stereocenters. The monoisotopic (exact) mass is 331 g/mol. The van der Waals surface area contributed by atoms with E-state index in [9.17, 15) is 13.5 Å². The van der Waals surface area contributed by atoms with Crippen molar-refractivity contribution in [3.05, 3.63) is 64.7 Å². The maximum absolute atomic E-state index is 12.6. The van der Waals surface area contributed by atoms with E-state index in [1.165, 1.54) is 0 Å². The van der Waals surface area contributed by atoms with Crippen molar-refractivity contribution in [2.45, 2.75) is 37.2 Å². The third-order valence-electron chi connectivity index (χ3n) is 4.51. The fourth-order valence-electron chi connectivity index (χ4n) is 3.14. The number of rotatable bonds is 4. The van der Waals surface area contributed by atoms with Crippen molar-refractivity contribution in [3.8, 4) is 0 Å². The molecule has 0 aliphatic heterocycles. The molecule has 1 atom stereocenters. The first-order chi connectivity index (χ1) is 10.8. The molecule has 0 saturated carbocycles. The molecule has 2 N–H and O–H groups in total. The van der Waals surface area contributed by atoms with Crippen molar-refractivity contribution in [2.75, 3.05) is 6.54 Å². The fourth-order valence-corrected chi connectivity index (χ4v) is 4.56. The normalized spacial score (nSPS) is 20.5. The predicted molar refractivity (Wildman–Crippen MR) is 89.8 cm³/mol. The van der Waals surface area contributed by atoms with Crippen molar-refractivity contribution >= 4 is 10.0 Å². The standard InChI is InChI=1S/C18H21NO3S/c1-13-7-8-14(2)17(11-13)23(21,22)19-12-18(20)10-9-15-5-3-4-6-16(15)18/h3-8,11,19-20H,9-10,12H2,1-2H3.